The van der Waals surface area contributed by atoms with E-state index in [2.05, 4.69) is 5.32 Å². The normalized spacial score (nSPS) is 12.8. The average molecular weight is 453 g/mol. The first-order valence-electron chi connectivity index (χ1n) is 8.55. The SMILES string of the molecule is CC(C)C(=O)NCc1cccc(C(F)(F)F)c1S(=O)(=O)c1cccc(C(F)(F)F)c1. The van der Waals surface area contributed by atoms with Crippen molar-refractivity contribution in [3.05, 3.63) is 59.2 Å². The molecular formula is C19H17F6NO3S. The van der Waals surface area contributed by atoms with Crippen LogP contribution in [0.4, 0.5) is 26.3 Å². The molecule has 0 saturated heterocycles. The molecule has 0 aliphatic heterocycles. The van der Waals surface area contributed by atoms with E-state index >= 15 is 0 Å². The summed E-state index contributed by atoms with van der Waals surface area (Å²) in [7, 11) is -5.01. The first kappa shape index (κ1) is 23.7. The molecule has 0 spiro atoms. The fourth-order valence-corrected chi connectivity index (χ4v) is 4.34. The monoisotopic (exact) mass is 453 g/mol. The fraction of sp³-hybridized carbons (Fsp3) is 0.316. The maximum Gasteiger partial charge on any atom is 0.417 e. The van der Waals surface area contributed by atoms with Gasteiger partial charge in [-0.05, 0) is 29.8 Å². The van der Waals surface area contributed by atoms with E-state index in [9.17, 15) is 39.6 Å². The fourth-order valence-electron chi connectivity index (χ4n) is 2.61. The van der Waals surface area contributed by atoms with Gasteiger partial charge >= 0.3 is 12.4 Å². The first-order chi connectivity index (χ1) is 13.7. The minimum absolute atomic E-state index is 0.277. The number of sulfone groups is 1. The lowest BCUT2D eigenvalue weighted by Gasteiger charge is -2.18. The Labute approximate surface area is 168 Å². The lowest BCUT2D eigenvalue weighted by molar-refractivity contribution is -0.140. The number of carbonyl (C=O) groups excluding carboxylic acids is 1. The Kier molecular flexibility index (Phi) is 6.55. The quantitative estimate of drug-likeness (QED) is 0.660. The number of alkyl halides is 6. The zero-order chi connectivity index (χ0) is 22.9. The number of hydrogen-bond acceptors (Lipinski definition) is 3. The van der Waals surface area contributed by atoms with E-state index in [0.29, 0.717) is 12.1 Å². The van der Waals surface area contributed by atoms with Gasteiger partial charge in [0.2, 0.25) is 15.7 Å². The van der Waals surface area contributed by atoms with Crippen molar-refractivity contribution in [1.82, 2.24) is 5.32 Å². The number of hydrogen-bond donors (Lipinski definition) is 1. The molecule has 0 bridgehead atoms. The van der Waals surface area contributed by atoms with Gasteiger partial charge in [-0.1, -0.05) is 32.0 Å². The van der Waals surface area contributed by atoms with Crippen molar-refractivity contribution in [2.75, 3.05) is 0 Å². The molecular weight excluding hydrogens is 436 g/mol. The molecule has 11 heteroatoms. The smallest absolute Gasteiger partial charge is 0.352 e. The first-order valence-corrected chi connectivity index (χ1v) is 10.0. The highest BCUT2D eigenvalue weighted by atomic mass is 32.2. The molecule has 0 atom stereocenters. The molecule has 0 saturated carbocycles. The van der Waals surface area contributed by atoms with Gasteiger partial charge in [-0.15, -0.1) is 0 Å². The van der Waals surface area contributed by atoms with Crippen LogP contribution in [0.15, 0.2) is 52.3 Å². The van der Waals surface area contributed by atoms with E-state index in [1.807, 2.05) is 0 Å². The predicted molar refractivity (Wildman–Crippen MR) is 95.0 cm³/mol. The van der Waals surface area contributed by atoms with Crippen LogP contribution in [0, 0.1) is 5.92 Å². The standard InChI is InChI=1S/C19H17F6NO3S/c1-11(2)17(27)26-10-12-5-3-8-15(19(23,24)25)16(12)30(28,29)14-7-4-6-13(9-14)18(20,21)22/h3-9,11H,10H2,1-2H3,(H,26,27). The van der Waals surface area contributed by atoms with Crippen molar-refractivity contribution in [2.45, 2.75) is 42.5 Å². The summed E-state index contributed by atoms with van der Waals surface area (Å²) in [6.45, 7) is 2.51. The van der Waals surface area contributed by atoms with Gasteiger partial charge in [-0.3, -0.25) is 4.79 Å². The van der Waals surface area contributed by atoms with Crippen LogP contribution in [-0.4, -0.2) is 14.3 Å². The lowest BCUT2D eigenvalue weighted by atomic mass is 10.1. The Balaban J connectivity index is 2.69. The average Bonchev–Trinajstić information content (AvgIpc) is 2.64. The van der Waals surface area contributed by atoms with Crippen LogP contribution in [0.2, 0.25) is 0 Å². The van der Waals surface area contributed by atoms with Gasteiger partial charge in [0.15, 0.2) is 0 Å². The zero-order valence-electron chi connectivity index (χ0n) is 15.7. The van der Waals surface area contributed by atoms with E-state index in [0.717, 1.165) is 24.3 Å². The molecule has 1 amide bonds. The molecule has 4 nitrogen and oxygen atoms in total. The summed E-state index contributed by atoms with van der Waals surface area (Å²) >= 11 is 0. The van der Waals surface area contributed by atoms with Crippen LogP contribution in [0.1, 0.15) is 30.5 Å². The van der Waals surface area contributed by atoms with Crippen LogP contribution in [0.3, 0.4) is 0 Å². The highest BCUT2D eigenvalue weighted by molar-refractivity contribution is 7.91. The molecule has 2 rings (SSSR count). The number of benzene rings is 2. The summed E-state index contributed by atoms with van der Waals surface area (Å²) in [5.41, 5.74) is -3.24. The molecule has 0 aromatic heterocycles. The van der Waals surface area contributed by atoms with Crippen LogP contribution >= 0.6 is 0 Å². The summed E-state index contributed by atoms with van der Waals surface area (Å²) < 4.78 is 106. The maximum absolute atomic E-state index is 13.5. The highest BCUT2D eigenvalue weighted by Crippen LogP contribution is 2.39. The summed E-state index contributed by atoms with van der Waals surface area (Å²) in [6, 6.07) is 5.02. The third-order valence-corrected chi connectivity index (χ3v) is 6.01. The molecule has 0 radical (unpaired) electrons. The molecule has 1 N–H and O–H groups in total. The molecule has 0 aliphatic carbocycles. The summed E-state index contributed by atoms with van der Waals surface area (Å²) in [5, 5.41) is 2.33. The van der Waals surface area contributed by atoms with Crippen molar-refractivity contribution < 1.29 is 39.6 Å². The topological polar surface area (TPSA) is 63.2 Å². The zero-order valence-corrected chi connectivity index (χ0v) is 16.5. The Hall–Kier alpha value is -2.56. The Morgan fingerprint density at radius 1 is 0.967 bits per heavy atom. The second-order valence-corrected chi connectivity index (χ2v) is 8.58. The van der Waals surface area contributed by atoms with Gasteiger partial charge in [0.1, 0.15) is 0 Å². The van der Waals surface area contributed by atoms with E-state index in [1.54, 1.807) is 0 Å². The Morgan fingerprint density at radius 3 is 2.10 bits per heavy atom. The second-order valence-electron chi connectivity index (χ2n) is 6.69. The third-order valence-electron chi connectivity index (χ3n) is 4.12. The van der Waals surface area contributed by atoms with Gasteiger partial charge in [-0.2, -0.15) is 26.3 Å². The van der Waals surface area contributed by atoms with E-state index < -0.39 is 67.0 Å². The largest absolute Gasteiger partial charge is 0.417 e. The second kappa shape index (κ2) is 8.29. The van der Waals surface area contributed by atoms with Gasteiger partial charge < -0.3 is 5.32 Å². The molecule has 2 aromatic carbocycles. The van der Waals surface area contributed by atoms with E-state index in [-0.39, 0.29) is 6.07 Å². The number of halogens is 6. The molecule has 0 heterocycles. The van der Waals surface area contributed by atoms with Gasteiger partial charge in [0.05, 0.1) is 20.9 Å². The molecule has 0 unspecified atom stereocenters. The molecule has 0 fully saturated rings. The van der Waals surface area contributed by atoms with Gasteiger partial charge in [0, 0.05) is 12.5 Å². The van der Waals surface area contributed by atoms with Crippen molar-refractivity contribution in [2.24, 2.45) is 5.92 Å². The van der Waals surface area contributed by atoms with Crippen molar-refractivity contribution >= 4 is 15.7 Å². The Morgan fingerprint density at radius 2 is 1.57 bits per heavy atom. The minimum Gasteiger partial charge on any atom is -0.352 e. The van der Waals surface area contributed by atoms with Crippen molar-refractivity contribution in [3.63, 3.8) is 0 Å². The minimum atomic E-state index is -5.10. The third kappa shape index (κ3) is 5.13. The van der Waals surface area contributed by atoms with E-state index in [4.69, 9.17) is 0 Å². The summed E-state index contributed by atoms with van der Waals surface area (Å²) in [6.07, 6.45) is -9.98. The maximum atomic E-state index is 13.5. The van der Waals surface area contributed by atoms with Crippen molar-refractivity contribution in [3.8, 4) is 0 Å². The number of rotatable bonds is 5. The summed E-state index contributed by atoms with van der Waals surface area (Å²) in [5.74, 6) is -1.05. The molecule has 30 heavy (non-hydrogen) atoms. The van der Waals surface area contributed by atoms with Gasteiger partial charge in [-0.25, -0.2) is 8.42 Å². The lowest BCUT2D eigenvalue weighted by Crippen LogP contribution is -2.28. The number of nitrogens with one attached hydrogen (secondary N) is 1. The number of carbonyl (C=O) groups is 1. The van der Waals surface area contributed by atoms with Gasteiger partial charge in [0.25, 0.3) is 0 Å². The molecule has 0 aliphatic rings. The van der Waals surface area contributed by atoms with Crippen LogP contribution < -0.4 is 5.32 Å². The van der Waals surface area contributed by atoms with Crippen LogP contribution in [-0.2, 0) is 33.5 Å². The molecule has 164 valence electrons. The van der Waals surface area contributed by atoms with E-state index in [1.165, 1.54) is 13.8 Å². The van der Waals surface area contributed by atoms with Crippen LogP contribution in [0.5, 0.6) is 0 Å². The predicted octanol–water partition coefficient (Wildman–Crippen LogP) is 4.83. The number of amides is 1. The van der Waals surface area contributed by atoms with Crippen molar-refractivity contribution in [1.29, 1.82) is 0 Å². The Bertz CT molecular complexity index is 1040. The van der Waals surface area contributed by atoms with Crippen LogP contribution in [0.25, 0.3) is 0 Å². The summed E-state index contributed by atoms with van der Waals surface area (Å²) in [4.78, 5) is 9.64. The highest BCUT2D eigenvalue weighted by Gasteiger charge is 2.40. The molecule has 2 aromatic rings.